The summed E-state index contributed by atoms with van der Waals surface area (Å²) in [6, 6.07) is 8.35. The molecular formula is C16H26N2O. The fraction of sp³-hybridized carbons (Fsp3) is 0.625. The minimum absolute atomic E-state index is 0.220. The highest BCUT2D eigenvalue weighted by molar-refractivity contribution is 5.59. The van der Waals surface area contributed by atoms with Crippen molar-refractivity contribution < 1.29 is 4.74 Å². The lowest BCUT2D eigenvalue weighted by Crippen LogP contribution is -2.42. The molecule has 0 aliphatic carbocycles. The van der Waals surface area contributed by atoms with Crippen LogP contribution in [0.4, 0.5) is 5.69 Å². The van der Waals surface area contributed by atoms with E-state index in [1.165, 1.54) is 5.69 Å². The Morgan fingerprint density at radius 2 is 2.00 bits per heavy atom. The quantitative estimate of drug-likeness (QED) is 0.886. The molecule has 1 aliphatic heterocycles. The minimum atomic E-state index is 0.220. The van der Waals surface area contributed by atoms with Crippen molar-refractivity contribution in [1.82, 2.24) is 0 Å². The van der Waals surface area contributed by atoms with Crippen LogP contribution < -0.4 is 15.4 Å². The number of hydrogen-bond donors (Lipinski definition) is 1. The van der Waals surface area contributed by atoms with E-state index in [1.54, 1.807) is 0 Å². The molecule has 1 aliphatic rings. The number of ether oxygens (including phenoxy) is 1. The van der Waals surface area contributed by atoms with Crippen LogP contribution in [0.3, 0.4) is 0 Å². The van der Waals surface area contributed by atoms with E-state index in [9.17, 15) is 0 Å². The second-order valence-corrected chi connectivity index (χ2v) is 5.50. The van der Waals surface area contributed by atoms with E-state index >= 15 is 0 Å². The number of anilines is 1. The fourth-order valence-electron chi connectivity index (χ4n) is 2.79. The second kappa shape index (κ2) is 6.29. The topological polar surface area (TPSA) is 38.5 Å². The molecule has 0 saturated heterocycles. The number of nitrogens with zero attached hydrogens (tertiary/aromatic N) is 1. The molecule has 2 N–H and O–H groups in total. The summed E-state index contributed by atoms with van der Waals surface area (Å²) in [5, 5.41) is 0. The van der Waals surface area contributed by atoms with Crippen molar-refractivity contribution in [2.75, 3.05) is 31.1 Å². The molecule has 106 valence electrons. The van der Waals surface area contributed by atoms with E-state index in [4.69, 9.17) is 10.5 Å². The first-order chi connectivity index (χ1) is 9.24. The van der Waals surface area contributed by atoms with Gasteiger partial charge in [-0.15, -0.1) is 0 Å². The van der Waals surface area contributed by atoms with E-state index in [1.807, 2.05) is 6.07 Å². The van der Waals surface area contributed by atoms with Crippen molar-refractivity contribution in [3.63, 3.8) is 0 Å². The molecule has 0 radical (unpaired) electrons. The third-order valence-corrected chi connectivity index (χ3v) is 4.50. The maximum atomic E-state index is 6.05. The largest absolute Gasteiger partial charge is 0.491 e. The molecule has 0 saturated carbocycles. The predicted molar refractivity (Wildman–Crippen MR) is 80.8 cm³/mol. The lowest BCUT2D eigenvalue weighted by atomic mass is 9.81. The molecule has 0 spiro atoms. The van der Waals surface area contributed by atoms with Gasteiger partial charge in [-0.1, -0.05) is 26.0 Å². The first-order valence-electron chi connectivity index (χ1n) is 7.41. The standard InChI is InChI=1S/C16H26N2O/c1-3-16(4-2,12-17)13-18-10-7-11-19-15-9-6-5-8-14(15)18/h5-6,8-9H,3-4,7,10-13,17H2,1-2H3. The Kier molecular flexibility index (Phi) is 4.70. The zero-order valence-corrected chi connectivity index (χ0v) is 12.2. The normalized spacial score (nSPS) is 15.6. The second-order valence-electron chi connectivity index (χ2n) is 5.50. The molecule has 0 aromatic heterocycles. The third kappa shape index (κ3) is 3.03. The average Bonchev–Trinajstić information content (AvgIpc) is 2.67. The van der Waals surface area contributed by atoms with E-state index in [0.717, 1.165) is 51.3 Å². The van der Waals surface area contributed by atoms with Crippen LogP contribution in [0.1, 0.15) is 33.1 Å². The lowest BCUT2D eigenvalue weighted by Gasteiger charge is -2.37. The zero-order valence-electron chi connectivity index (χ0n) is 12.2. The molecule has 1 aromatic carbocycles. The average molecular weight is 262 g/mol. The third-order valence-electron chi connectivity index (χ3n) is 4.50. The summed E-state index contributed by atoms with van der Waals surface area (Å²) in [5.41, 5.74) is 7.49. The molecule has 1 heterocycles. The van der Waals surface area contributed by atoms with Crippen LogP contribution in [0.5, 0.6) is 5.75 Å². The van der Waals surface area contributed by atoms with Crippen LogP contribution >= 0.6 is 0 Å². The summed E-state index contributed by atoms with van der Waals surface area (Å²) >= 11 is 0. The van der Waals surface area contributed by atoms with Gasteiger partial charge < -0.3 is 15.4 Å². The highest BCUT2D eigenvalue weighted by Gasteiger charge is 2.29. The van der Waals surface area contributed by atoms with Gasteiger partial charge in [0.2, 0.25) is 0 Å². The smallest absolute Gasteiger partial charge is 0.142 e. The summed E-state index contributed by atoms with van der Waals surface area (Å²) in [5.74, 6) is 1.01. The molecule has 0 atom stereocenters. The van der Waals surface area contributed by atoms with Crippen LogP contribution in [0, 0.1) is 5.41 Å². The molecular weight excluding hydrogens is 236 g/mol. The van der Waals surface area contributed by atoms with Crippen molar-refractivity contribution >= 4 is 5.69 Å². The zero-order chi connectivity index (χ0) is 13.7. The van der Waals surface area contributed by atoms with E-state index in [0.29, 0.717) is 0 Å². The highest BCUT2D eigenvalue weighted by Crippen LogP contribution is 2.34. The van der Waals surface area contributed by atoms with Gasteiger partial charge >= 0.3 is 0 Å². The van der Waals surface area contributed by atoms with Gasteiger partial charge in [0.25, 0.3) is 0 Å². The number of benzene rings is 1. The Labute approximate surface area is 116 Å². The number of hydrogen-bond acceptors (Lipinski definition) is 3. The van der Waals surface area contributed by atoms with Gasteiger partial charge in [-0.25, -0.2) is 0 Å². The summed E-state index contributed by atoms with van der Waals surface area (Å²) in [6.07, 6.45) is 3.32. The lowest BCUT2D eigenvalue weighted by molar-refractivity contribution is 0.276. The molecule has 3 nitrogen and oxygen atoms in total. The maximum Gasteiger partial charge on any atom is 0.142 e. The van der Waals surface area contributed by atoms with Crippen molar-refractivity contribution in [2.24, 2.45) is 11.1 Å². The molecule has 19 heavy (non-hydrogen) atoms. The first kappa shape index (κ1) is 14.2. The Hall–Kier alpha value is -1.22. The molecule has 0 unspecified atom stereocenters. The number of nitrogens with two attached hydrogens (primary N) is 1. The number of para-hydroxylation sites is 2. The fourth-order valence-corrected chi connectivity index (χ4v) is 2.79. The Morgan fingerprint density at radius 3 is 2.68 bits per heavy atom. The van der Waals surface area contributed by atoms with Gasteiger partial charge in [0, 0.05) is 13.1 Å². The maximum absolute atomic E-state index is 6.05. The highest BCUT2D eigenvalue weighted by atomic mass is 16.5. The number of fused-ring (bicyclic) bond motifs is 1. The Morgan fingerprint density at radius 1 is 1.26 bits per heavy atom. The van der Waals surface area contributed by atoms with Crippen LogP contribution in [0.2, 0.25) is 0 Å². The summed E-state index contributed by atoms with van der Waals surface area (Å²) in [6.45, 7) is 8.13. The minimum Gasteiger partial charge on any atom is -0.491 e. The van der Waals surface area contributed by atoms with Gasteiger partial charge in [-0.2, -0.15) is 0 Å². The van der Waals surface area contributed by atoms with E-state index < -0.39 is 0 Å². The van der Waals surface area contributed by atoms with Crippen LogP contribution in [-0.2, 0) is 0 Å². The van der Waals surface area contributed by atoms with E-state index in [2.05, 4.69) is 36.9 Å². The van der Waals surface area contributed by atoms with Crippen LogP contribution in [-0.4, -0.2) is 26.2 Å². The van der Waals surface area contributed by atoms with Gasteiger partial charge in [-0.3, -0.25) is 0 Å². The van der Waals surface area contributed by atoms with Crippen molar-refractivity contribution in [3.05, 3.63) is 24.3 Å². The van der Waals surface area contributed by atoms with Crippen molar-refractivity contribution in [3.8, 4) is 5.75 Å². The van der Waals surface area contributed by atoms with Crippen molar-refractivity contribution in [1.29, 1.82) is 0 Å². The van der Waals surface area contributed by atoms with Gasteiger partial charge in [0.15, 0.2) is 0 Å². The van der Waals surface area contributed by atoms with Crippen LogP contribution in [0.15, 0.2) is 24.3 Å². The number of rotatable bonds is 5. The molecule has 2 rings (SSSR count). The van der Waals surface area contributed by atoms with E-state index in [-0.39, 0.29) is 5.41 Å². The molecule has 1 aromatic rings. The first-order valence-corrected chi connectivity index (χ1v) is 7.41. The van der Waals surface area contributed by atoms with Gasteiger partial charge in [0.05, 0.1) is 12.3 Å². The Balaban J connectivity index is 2.24. The van der Waals surface area contributed by atoms with Crippen molar-refractivity contribution in [2.45, 2.75) is 33.1 Å². The van der Waals surface area contributed by atoms with Gasteiger partial charge in [-0.05, 0) is 43.4 Å². The SMILES string of the molecule is CCC(CC)(CN)CN1CCCOc2ccccc21. The van der Waals surface area contributed by atoms with Gasteiger partial charge in [0.1, 0.15) is 5.75 Å². The Bertz CT molecular complexity index is 393. The summed E-state index contributed by atoms with van der Waals surface area (Å²) in [7, 11) is 0. The molecule has 3 heteroatoms. The summed E-state index contributed by atoms with van der Waals surface area (Å²) in [4.78, 5) is 2.46. The predicted octanol–water partition coefficient (Wildman–Crippen LogP) is 3.04. The molecule has 0 amide bonds. The van der Waals surface area contributed by atoms with Crippen LogP contribution in [0.25, 0.3) is 0 Å². The molecule has 0 bridgehead atoms. The summed E-state index contributed by atoms with van der Waals surface area (Å²) < 4.78 is 5.82. The molecule has 0 fully saturated rings. The monoisotopic (exact) mass is 262 g/mol.